The molecule has 2 N–H and O–H groups in total. The molecule has 1 heterocycles. The zero-order valence-corrected chi connectivity index (χ0v) is 12.7. The van der Waals surface area contributed by atoms with E-state index in [4.69, 9.17) is 10.3 Å². The fourth-order valence-corrected chi connectivity index (χ4v) is 2.84. The molecular weight excluding hydrogens is 307 g/mol. The van der Waals surface area contributed by atoms with Crippen LogP contribution in [0.1, 0.15) is 61.4 Å². The molecule has 0 aliphatic heterocycles. The lowest BCUT2D eigenvalue weighted by Crippen LogP contribution is -2.44. The highest BCUT2D eigenvalue weighted by Crippen LogP contribution is 2.38. The molecule has 3 rings (SSSR count). The summed E-state index contributed by atoms with van der Waals surface area (Å²) >= 11 is 0. The van der Waals surface area contributed by atoms with Crippen LogP contribution in [0.5, 0.6) is 0 Å². The van der Waals surface area contributed by atoms with Gasteiger partial charge >= 0.3 is 6.18 Å². The van der Waals surface area contributed by atoms with E-state index in [1.807, 2.05) is 6.92 Å². The first-order valence-electron chi connectivity index (χ1n) is 7.63. The van der Waals surface area contributed by atoms with Gasteiger partial charge in [-0.05, 0) is 37.3 Å². The van der Waals surface area contributed by atoms with Crippen LogP contribution in [-0.2, 0) is 11.7 Å². The second-order valence-electron chi connectivity index (χ2n) is 6.05. The average Bonchev–Trinajstić information content (AvgIpc) is 2.95. The zero-order valence-electron chi connectivity index (χ0n) is 12.7. The van der Waals surface area contributed by atoms with Crippen LogP contribution in [0.3, 0.4) is 0 Å². The first-order valence-corrected chi connectivity index (χ1v) is 7.63. The molecule has 1 aromatic heterocycles. The van der Waals surface area contributed by atoms with E-state index < -0.39 is 17.3 Å². The van der Waals surface area contributed by atoms with Crippen LogP contribution in [0, 0.1) is 0 Å². The fraction of sp³-hybridized carbons (Fsp3) is 0.500. The van der Waals surface area contributed by atoms with Gasteiger partial charge in [-0.25, -0.2) is 0 Å². The highest BCUT2D eigenvalue weighted by atomic mass is 19.4. The Kier molecular flexibility index (Phi) is 3.91. The van der Waals surface area contributed by atoms with Gasteiger partial charge in [0.15, 0.2) is 5.82 Å². The maximum absolute atomic E-state index is 12.9. The van der Waals surface area contributed by atoms with E-state index in [1.54, 1.807) is 6.07 Å². The van der Waals surface area contributed by atoms with E-state index in [-0.39, 0.29) is 5.92 Å². The standard InChI is InChI=1S/C16H18F3N3O/c1-2-12(10-5-3-6-11(9-10)16(17,18)19)13-21-14(22-23-13)15(20)7-4-8-15/h3,5-6,9,12H,2,4,7-8,20H2,1H3. The fourth-order valence-electron chi connectivity index (χ4n) is 2.84. The number of alkyl halides is 3. The minimum absolute atomic E-state index is 0.318. The minimum atomic E-state index is -4.37. The SMILES string of the molecule is CCC(c1cccc(C(F)(F)F)c1)c1nc(C2(N)CCC2)no1. The molecule has 0 amide bonds. The van der Waals surface area contributed by atoms with Gasteiger partial charge in [0.1, 0.15) is 0 Å². The average molecular weight is 325 g/mol. The van der Waals surface area contributed by atoms with E-state index in [0.717, 1.165) is 31.4 Å². The Morgan fingerprint density at radius 3 is 2.65 bits per heavy atom. The molecule has 0 saturated heterocycles. The topological polar surface area (TPSA) is 64.9 Å². The summed E-state index contributed by atoms with van der Waals surface area (Å²) in [5.74, 6) is 0.393. The lowest BCUT2D eigenvalue weighted by Gasteiger charge is -2.34. The van der Waals surface area contributed by atoms with Gasteiger partial charge in [0.2, 0.25) is 5.89 Å². The number of hydrogen-bond acceptors (Lipinski definition) is 4. The third kappa shape index (κ3) is 2.97. The van der Waals surface area contributed by atoms with Crippen molar-refractivity contribution in [1.29, 1.82) is 0 Å². The molecule has 0 bridgehead atoms. The number of nitrogens with zero attached hydrogens (tertiary/aromatic N) is 2. The second kappa shape index (κ2) is 5.63. The Balaban J connectivity index is 1.91. The van der Waals surface area contributed by atoms with Gasteiger partial charge in [-0.1, -0.05) is 30.3 Å². The molecule has 1 aliphatic rings. The molecule has 124 valence electrons. The van der Waals surface area contributed by atoms with Crippen LogP contribution < -0.4 is 5.73 Å². The summed E-state index contributed by atoms with van der Waals surface area (Å²) in [6.07, 6.45) is -1.20. The number of halogens is 3. The molecule has 4 nitrogen and oxygen atoms in total. The first kappa shape index (κ1) is 16.0. The highest BCUT2D eigenvalue weighted by Gasteiger charge is 2.39. The zero-order chi connectivity index (χ0) is 16.7. The van der Waals surface area contributed by atoms with Crippen LogP contribution in [-0.4, -0.2) is 10.1 Å². The van der Waals surface area contributed by atoms with Crippen LogP contribution in [0.2, 0.25) is 0 Å². The summed E-state index contributed by atoms with van der Waals surface area (Å²) < 4.78 is 43.9. The van der Waals surface area contributed by atoms with Crippen molar-refractivity contribution in [3.63, 3.8) is 0 Å². The largest absolute Gasteiger partial charge is 0.416 e. The van der Waals surface area contributed by atoms with Gasteiger partial charge in [-0.2, -0.15) is 18.2 Å². The monoisotopic (exact) mass is 325 g/mol. The predicted octanol–water partition coefficient (Wildman–Crippen LogP) is 3.97. The second-order valence-corrected chi connectivity index (χ2v) is 6.05. The molecule has 7 heteroatoms. The van der Waals surface area contributed by atoms with E-state index in [0.29, 0.717) is 23.7 Å². The maximum Gasteiger partial charge on any atom is 0.416 e. The summed E-state index contributed by atoms with van der Waals surface area (Å²) in [6, 6.07) is 5.24. The summed E-state index contributed by atoms with van der Waals surface area (Å²) in [5.41, 5.74) is 5.45. The Labute approximate surface area is 131 Å². The van der Waals surface area contributed by atoms with Crippen molar-refractivity contribution in [2.75, 3.05) is 0 Å². The minimum Gasteiger partial charge on any atom is -0.339 e. The third-order valence-corrected chi connectivity index (χ3v) is 4.46. The smallest absolute Gasteiger partial charge is 0.339 e. The summed E-state index contributed by atoms with van der Waals surface area (Å²) in [7, 11) is 0. The van der Waals surface area contributed by atoms with Gasteiger partial charge in [0, 0.05) is 0 Å². The molecule has 1 unspecified atom stereocenters. The number of benzene rings is 1. The molecular formula is C16H18F3N3O. The quantitative estimate of drug-likeness (QED) is 0.924. The van der Waals surface area contributed by atoms with Crippen molar-refractivity contribution in [3.05, 3.63) is 47.1 Å². The molecule has 1 fully saturated rings. The van der Waals surface area contributed by atoms with Crippen LogP contribution in [0.25, 0.3) is 0 Å². The van der Waals surface area contributed by atoms with E-state index >= 15 is 0 Å². The lowest BCUT2D eigenvalue weighted by atomic mass is 9.77. The predicted molar refractivity (Wildman–Crippen MR) is 77.6 cm³/mol. The molecule has 0 radical (unpaired) electrons. The van der Waals surface area contributed by atoms with Gasteiger partial charge in [-0.15, -0.1) is 0 Å². The van der Waals surface area contributed by atoms with E-state index in [9.17, 15) is 13.2 Å². The Morgan fingerprint density at radius 1 is 1.35 bits per heavy atom. The summed E-state index contributed by atoms with van der Waals surface area (Å²) in [6.45, 7) is 1.87. The van der Waals surface area contributed by atoms with E-state index in [2.05, 4.69) is 10.1 Å². The van der Waals surface area contributed by atoms with Crippen molar-refractivity contribution in [2.45, 2.75) is 50.2 Å². The lowest BCUT2D eigenvalue weighted by molar-refractivity contribution is -0.137. The molecule has 1 atom stereocenters. The Bertz CT molecular complexity index is 692. The first-order chi connectivity index (χ1) is 10.8. The molecule has 1 aliphatic carbocycles. The number of aromatic nitrogens is 2. The van der Waals surface area contributed by atoms with Crippen molar-refractivity contribution < 1.29 is 17.7 Å². The normalized spacial score (nSPS) is 18.5. The molecule has 23 heavy (non-hydrogen) atoms. The van der Waals surface area contributed by atoms with Crippen molar-refractivity contribution >= 4 is 0 Å². The van der Waals surface area contributed by atoms with Crippen LogP contribution >= 0.6 is 0 Å². The maximum atomic E-state index is 12.9. The third-order valence-electron chi connectivity index (χ3n) is 4.46. The highest BCUT2D eigenvalue weighted by molar-refractivity contribution is 5.31. The number of rotatable bonds is 4. The van der Waals surface area contributed by atoms with Gasteiger partial charge in [0.05, 0.1) is 17.0 Å². The van der Waals surface area contributed by atoms with Gasteiger partial charge < -0.3 is 10.3 Å². The molecule has 1 saturated carbocycles. The van der Waals surface area contributed by atoms with Gasteiger partial charge in [-0.3, -0.25) is 0 Å². The van der Waals surface area contributed by atoms with Crippen molar-refractivity contribution in [3.8, 4) is 0 Å². The number of hydrogen-bond donors (Lipinski definition) is 1. The van der Waals surface area contributed by atoms with Crippen LogP contribution in [0.15, 0.2) is 28.8 Å². The molecule has 0 spiro atoms. The molecule has 1 aromatic carbocycles. The molecule has 2 aromatic rings. The summed E-state index contributed by atoms with van der Waals surface area (Å²) in [4.78, 5) is 4.36. The van der Waals surface area contributed by atoms with E-state index in [1.165, 1.54) is 6.07 Å². The van der Waals surface area contributed by atoms with Gasteiger partial charge in [0.25, 0.3) is 0 Å². The Morgan fingerprint density at radius 2 is 2.09 bits per heavy atom. The van der Waals surface area contributed by atoms with Crippen LogP contribution in [0.4, 0.5) is 13.2 Å². The Hall–Kier alpha value is -1.89. The summed E-state index contributed by atoms with van der Waals surface area (Å²) in [5, 5.41) is 3.94. The number of nitrogens with two attached hydrogens (primary N) is 1. The van der Waals surface area contributed by atoms with Crippen molar-refractivity contribution in [1.82, 2.24) is 10.1 Å². The van der Waals surface area contributed by atoms with Crippen molar-refractivity contribution in [2.24, 2.45) is 5.73 Å².